The van der Waals surface area contributed by atoms with Gasteiger partial charge in [0.1, 0.15) is 0 Å². The molecule has 1 N–H and O–H groups in total. The van der Waals surface area contributed by atoms with E-state index in [0.717, 1.165) is 0 Å². The number of nitrogens with one attached hydrogen (secondary N) is 1. The van der Waals surface area contributed by atoms with Crippen LogP contribution in [0.3, 0.4) is 0 Å². The molecule has 0 spiro atoms. The summed E-state index contributed by atoms with van der Waals surface area (Å²) < 4.78 is 0. The minimum Gasteiger partial charge on any atom is -0.325 e. The SMILES string of the molecule is CC(C(=O)Nc1ccccc1C(=O)c1ccccc1)C(=O)c1ccccc1. The summed E-state index contributed by atoms with van der Waals surface area (Å²) in [5.74, 6) is -1.77. The number of hydrogen-bond acceptors (Lipinski definition) is 3. The molecule has 1 amide bonds. The monoisotopic (exact) mass is 357 g/mol. The van der Waals surface area contributed by atoms with E-state index in [2.05, 4.69) is 5.32 Å². The minimum atomic E-state index is -0.868. The summed E-state index contributed by atoms with van der Waals surface area (Å²) in [6.07, 6.45) is 0. The first-order chi connectivity index (χ1) is 13.1. The lowest BCUT2D eigenvalue weighted by molar-refractivity contribution is -0.118. The average molecular weight is 357 g/mol. The maximum absolute atomic E-state index is 12.8. The van der Waals surface area contributed by atoms with Gasteiger partial charge >= 0.3 is 0 Å². The predicted octanol–water partition coefficient (Wildman–Crippen LogP) is 4.38. The number of amides is 1. The van der Waals surface area contributed by atoms with Crippen LogP contribution in [0.1, 0.15) is 33.2 Å². The second-order valence-corrected chi connectivity index (χ2v) is 6.18. The number of hydrogen-bond donors (Lipinski definition) is 1. The molecule has 0 radical (unpaired) electrons. The maximum Gasteiger partial charge on any atom is 0.235 e. The Morgan fingerprint density at radius 1 is 0.704 bits per heavy atom. The van der Waals surface area contributed by atoms with Gasteiger partial charge in [0.15, 0.2) is 11.6 Å². The highest BCUT2D eigenvalue weighted by Gasteiger charge is 2.24. The largest absolute Gasteiger partial charge is 0.325 e. The Morgan fingerprint density at radius 2 is 1.22 bits per heavy atom. The van der Waals surface area contributed by atoms with Gasteiger partial charge in [0.2, 0.25) is 5.91 Å². The van der Waals surface area contributed by atoms with Crippen molar-refractivity contribution in [3.63, 3.8) is 0 Å². The van der Waals surface area contributed by atoms with Gasteiger partial charge in [-0.25, -0.2) is 0 Å². The number of anilines is 1. The van der Waals surface area contributed by atoms with Gasteiger partial charge in [-0.05, 0) is 19.1 Å². The van der Waals surface area contributed by atoms with Crippen molar-refractivity contribution in [3.8, 4) is 0 Å². The van der Waals surface area contributed by atoms with Crippen LogP contribution < -0.4 is 5.32 Å². The smallest absolute Gasteiger partial charge is 0.235 e. The van der Waals surface area contributed by atoms with Crippen LogP contribution in [0.4, 0.5) is 5.69 Å². The van der Waals surface area contributed by atoms with E-state index in [1.807, 2.05) is 12.1 Å². The van der Waals surface area contributed by atoms with Crippen molar-refractivity contribution < 1.29 is 14.4 Å². The van der Waals surface area contributed by atoms with Gasteiger partial charge in [0, 0.05) is 16.7 Å². The van der Waals surface area contributed by atoms with Crippen LogP contribution in [-0.4, -0.2) is 17.5 Å². The predicted molar refractivity (Wildman–Crippen MR) is 105 cm³/mol. The Bertz CT molecular complexity index is 965. The highest BCUT2D eigenvalue weighted by molar-refractivity contribution is 6.17. The van der Waals surface area contributed by atoms with Crippen molar-refractivity contribution in [1.29, 1.82) is 0 Å². The number of benzene rings is 3. The number of Topliss-reactive ketones (excluding diaryl/α,β-unsaturated/α-hetero) is 1. The van der Waals surface area contributed by atoms with Crippen molar-refractivity contribution in [2.45, 2.75) is 6.92 Å². The lowest BCUT2D eigenvalue weighted by Crippen LogP contribution is -2.28. The Balaban J connectivity index is 1.81. The molecule has 4 heteroatoms. The van der Waals surface area contributed by atoms with Gasteiger partial charge in [-0.1, -0.05) is 72.8 Å². The van der Waals surface area contributed by atoms with E-state index < -0.39 is 11.8 Å². The number of carbonyl (C=O) groups is 3. The van der Waals surface area contributed by atoms with Crippen molar-refractivity contribution in [3.05, 3.63) is 102 Å². The molecule has 0 fully saturated rings. The minimum absolute atomic E-state index is 0.187. The highest BCUT2D eigenvalue weighted by Crippen LogP contribution is 2.21. The summed E-state index contributed by atoms with van der Waals surface area (Å²) >= 11 is 0. The Kier molecular flexibility index (Phi) is 5.57. The van der Waals surface area contributed by atoms with E-state index in [9.17, 15) is 14.4 Å². The zero-order chi connectivity index (χ0) is 19.2. The summed E-state index contributed by atoms with van der Waals surface area (Å²) in [4.78, 5) is 37.8. The third-order valence-electron chi connectivity index (χ3n) is 4.31. The summed E-state index contributed by atoms with van der Waals surface area (Å²) in [6, 6.07) is 24.3. The van der Waals surface area contributed by atoms with Crippen LogP contribution >= 0.6 is 0 Å². The zero-order valence-corrected chi connectivity index (χ0v) is 14.9. The molecule has 0 aliphatic heterocycles. The summed E-state index contributed by atoms with van der Waals surface area (Å²) in [7, 11) is 0. The van der Waals surface area contributed by atoms with Crippen molar-refractivity contribution in [2.75, 3.05) is 5.32 Å². The molecular weight excluding hydrogens is 338 g/mol. The molecule has 3 rings (SSSR count). The van der Waals surface area contributed by atoms with E-state index in [-0.39, 0.29) is 11.6 Å². The summed E-state index contributed by atoms with van der Waals surface area (Å²) in [6.45, 7) is 1.56. The van der Waals surface area contributed by atoms with Crippen LogP contribution in [0.25, 0.3) is 0 Å². The highest BCUT2D eigenvalue weighted by atomic mass is 16.2. The maximum atomic E-state index is 12.8. The number of rotatable bonds is 6. The number of ketones is 2. The fourth-order valence-electron chi connectivity index (χ4n) is 2.75. The Hall–Kier alpha value is -3.53. The fraction of sp³-hybridized carbons (Fsp3) is 0.0870. The molecule has 134 valence electrons. The number of para-hydroxylation sites is 1. The van der Waals surface area contributed by atoms with Gasteiger partial charge in [0.25, 0.3) is 0 Å². The first-order valence-corrected chi connectivity index (χ1v) is 8.67. The van der Waals surface area contributed by atoms with Crippen LogP contribution in [0.15, 0.2) is 84.9 Å². The Morgan fingerprint density at radius 3 is 1.85 bits per heavy atom. The topological polar surface area (TPSA) is 63.2 Å². The molecule has 0 aliphatic rings. The average Bonchev–Trinajstić information content (AvgIpc) is 2.73. The molecule has 27 heavy (non-hydrogen) atoms. The van der Waals surface area contributed by atoms with E-state index in [1.54, 1.807) is 79.7 Å². The molecule has 1 unspecified atom stereocenters. The van der Waals surface area contributed by atoms with Crippen molar-refractivity contribution >= 4 is 23.2 Å². The Labute approximate surface area is 157 Å². The molecule has 0 aromatic heterocycles. The molecule has 0 bridgehead atoms. The van der Waals surface area contributed by atoms with Gasteiger partial charge in [-0.3, -0.25) is 14.4 Å². The number of carbonyl (C=O) groups excluding carboxylic acids is 3. The van der Waals surface area contributed by atoms with Crippen molar-refractivity contribution in [2.24, 2.45) is 5.92 Å². The van der Waals surface area contributed by atoms with Crippen LogP contribution in [0.5, 0.6) is 0 Å². The molecule has 1 atom stereocenters. The second kappa shape index (κ2) is 8.23. The van der Waals surface area contributed by atoms with E-state index >= 15 is 0 Å². The van der Waals surface area contributed by atoms with Crippen LogP contribution in [-0.2, 0) is 4.79 Å². The fourth-order valence-corrected chi connectivity index (χ4v) is 2.75. The molecule has 0 saturated heterocycles. The van der Waals surface area contributed by atoms with Crippen molar-refractivity contribution in [1.82, 2.24) is 0 Å². The van der Waals surface area contributed by atoms with Gasteiger partial charge in [-0.2, -0.15) is 0 Å². The lowest BCUT2D eigenvalue weighted by Gasteiger charge is -2.14. The van der Waals surface area contributed by atoms with E-state index in [4.69, 9.17) is 0 Å². The zero-order valence-electron chi connectivity index (χ0n) is 14.9. The summed E-state index contributed by atoms with van der Waals surface area (Å²) in [5.41, 5.74) is 1.79. The normalized spacial score (nSPS) is 11.4. The third kappa shape index (κ3) is 4.18. The van der Waals surface area contributed by atoms with Crippen LogP contribution in [0, 0.1) is 5.92 Å². The molecule has 3 aromatic rings. The second-order valence-electron chi connectivity index (χ2n) is 6.18. The summed E-state index contributed by atoms with van der Waals surface area (Å²) in [5, 5.41) is 2.73. The van der Waals surface area contributed by atoms with Crippen LogP contribution in [0.2, 0.25) is 0 Å². The quantitative estimate of drug-likeness (QED) is 0.526. The molecule has 0 heterocycles. The molecule has 0 aliphatic carbocycles. The first kappa shape index (κ1) is 18.3. The molecule has 0 saturated carbocycles. The van der Waals surface area contributed by atoms with E-state index in [1.165, 1.54) is 0 Å². The van der Waals surface area contributed by atoms with Gasteiger partial charge < -0.3 is 5.32 Å². The lowest BCUT2D eigenvalue weighted by atomic mass is 9.97. The molecule has 4 nitrogen and oxygen atoms in total. The third-order valence-corrected chi connectivity index (χ3v) is 4.31. The van der Waals surface area contributed by atoms with Gasteiger partial charge in [-0.15, -0.1) is 0 Å². The standard InChI is InChI=1S/C23H19NO3/c1-16(21(25)17-10-4-2-5-11-17)23(27)24-20-15-9-8-14-19(20)22(26)18-12-6-3-7-13-18/h2-16H,1H3,(H,24,27). The molecule has 3 aromatic carbocycles. The molecular formula is C23H19NO3. The van der Waals surface area contributed by atoms with E-state index in [0.29, 0.717) is 22.4 Å². The van der Waals surface area contributed by atoms with Gasteiger partial charge in [0.05, 0.1) is 11.6 Å². The first-order valence-electron chi connectivity index (χ1n) is 8.67.